The second-order valence-electron chi connectivity index (χ2n) is 6.98. The maximum absolute atomic E-state index is 11.6. The Labute approximate surface area is 171 Å². The number of nitrogens with two attached hydrogens (primary N) is 2. The highest BCUT2D eigenvalue weighted by molar-refractivity contribution is 6.03. The SMILES string of the molecule is CCCC(N)Nc1nc(N)nc2cnn(Cc3ccc(C(=O)O)c4cccnc34)c12. The van der Waals surface area contributed by atoms with E-state index in [1.54, 1.807) is 41.3 Å². The monoisotopic (exact) mass is 406 g/mol. The Morgan fingerprint density at radius 2 is 2.13 bits per heavy atom. The van der Waals surface area contributed by atoms with Crippen LogP contribution in [0.5, 0.6) is 0 Å². The molecule has 0 amide bonds. The van der Waals surface area contributed by atoms with E-state index in [4.69, 9.17) is 11.5 Å². The number of fused-ring (bicyclic) bond motifs is 2. The van der Waals surface area contributed by atoms with Crippen molar-refractivity contribution in [2.24, 2.45) is 5.73 Å². The zero-order chi connectivity index (χ0) is 21.3. The predicted molar refractivity (Wildman–Crippen MR) is 114 cm³/mol. The van der Waals surface area contributed by atoms with Crippen LogP contribution in [0, 0.1) is 0 Å². The number of rotatable bonds is 7. The van der Waals surface area contributed by atoms with Crippen molar-refractivity contribution in [1.29, 1.82) is 0 Å². The van der Waals surface area contributed by atoms with Crippen molar-refractivity contribution < 1.29 is 9.90 Å². The van der Waals surface area contributed by atoms with Gasteiger partial charge in [-0.15, -0.1) is 0 Å². The first kappa shape index (κ1) is 19.5. The fourth-order valence-electron chi connectivity index (χ4n) is 3.50. The van der Waals surface area contributed by atoms with Crippen LogP contribution >= 0.6 is 0 Å². The number of anilines is 2. The molecular weight excluding hydrogens is 384 g/mol. The first-order chi connectivity index (χ1) is 14.5. The quantitative estimate of drug-likeness (QED) is 0.338. The lowest BCUT2D eigenvalue weighted by Gasteiger charge is -2.16. The van der Waals surface area contributed by atoms with Crippen molar-refractivity contribution in [1.82, 2.24) is 24.7 Å². The molecule has 154 valence electrons. The van der Waals surface area contributed by atoms with Crippen molar-refractivity contribution in [3.8, 4) is 0 Å². The van der Waals surface area contributed by atoms with Gasteiger partial charge in [0.15, 0.2) is 5.82 Å². The Morgan fingerprint density at radius 3 is 2.90 bits per heavy atom. The molecule has 0 aliphatic rings. The molecule has 6 N–H and O–H groups in total. The Morgan fingerprint density at radius 1 is 1.30 bits per heavy atom. The third kappa shape index (κ3) is 3.60. The number of nitrogen functional groups attached to an aromatic ring is 1. The van der Waals surface area contributed by atoms with E-state index in [0.29, 0.717) is 34.3 Å². The van der Waals surface area contributed by atoms with Crippen molar-refractivity contribution in [3.63, 3.8) is 0 Å². The van der Waals surface area contributed by atoms with Gasteiger partial charge >= 0.3 is 5.97 Å². The Balaban J connectivity index is 1.80. The average molecular weight is 406 g/mol. The van der Waals surface area contributed by atoms with E-state index in [2.05, 4.69) is 32.3 Å². The Bertz CT molecular complexity index is 1240. The normalized spacial score (nSPS) is 12.3. The van der Waals surface area contributed by atoms with Crippen LogP contribution in [0.1, 0.15) is 35.7 Å². The van der Waals surface area contributed by atoms with Gasteiger partial charge in [-0.3, -0.25) is 9.67 Å². The summed E-state index contributed by atoms with van der Waals surface area (Å²) in [7, 11) is 0. The van der Waals surface area contributed by atoms with Gasteiger partial charge in [-0.2, -0.15) is 10.1 Å². The summed E-state index contributed by atoms with van der Waals surface area (Å²) in [5, 5.41) is 17.7. The van der Waals surface area contributed by atoms with Crippen molar-refractivity contribution >= 4 is 39.7 Å². The van der Waals surface area contributed by atoms with Crippen LogP contribution in [0.15, 0.2) is 36.7 Å². The van der Waals surface area contributed by atoms with E-state index < -0.39 is 5.97 Å². The van der Waals surface area contributed by atoms with Gasteiger partial charge in [-0.1, -0.05) is 25.5 Å². The predicted octanol–water partition coefficient (Wildman–Crippen LogP) is 2.20. The standard InChI is InChI=1S/C20H22N8O2/c1-2-4-15(21)26-18-17-14(25-20(22)27-18)9-24-28(17)10-11-6-7-13(19(29)30)12-5-3-8-23-16(11)12/h3,5-9,15H,2,4,10,21H2,1H3,(H,29,30)(H3,22,25,26,27). The molecule has 10 nitrogen and oxygen atoms in total. The molecule has 0 fully saturated rings. The molecule has 1 aromatic carbocycles. The van der Waals surface area contributed by atoms with Gasteiger partial charge in [0.1, 0.15) is 11.0 Å². The van der Waals surface area contributed by atoms with Crippen molar-refractivity contribution in [3.05, 3.63) is 47.8 Å². The minimum Gasteiger partial charge on any atom is -0.478 e. The fourth-order valence-corrected chi connectivity index (χ4v) is 3.50. The summed E-state index contributed by atoms with van der Waals surface area (Å²) < 4.78 is 1.74. The highest BCUT2D eigenvalue weighted by Gasteiger charge is 2.17. The van der Waals surface area contributed by atoms with Crippen LogP contribution in [-0.4, -0.2) is 42.0 Å². The van der Waals surface area contributed by atoms with E-state index in [-0.39, 0.29) is 17.7 Å². The average Bonchev–Trinajstić information content (AvgIpc) is 3.10. The second kappa shape index (κ2) is 7.91. The topological polar surface area (TPSA) is 158 Å². The lowest BCUT2D eigenvalue weighted by atomic mass is 10.0. The maximum Gasteiger partial charge on any atom is 0.336 e. The number of aromatic carboxylic acids is 1. The van der Waals surface area contributed by atoms with E-state index in [9.17, 15) is 9.90 Å². The van der Waals surface area contributed by atoms with Gasteiger partial charge in [0, 0.05) is 11.6 Å². The molecule has 0 aliphatic heterocycles. The molecule has 0 spiro atoms. The molecule has 0 saturated heterocycles. The summed E-state index contributed by atoms with van der Waals surface area (Å²) in [5.41, 5.74) is 14.9. The number of pyridine rings is 1. The number of hydrogen-bond acceptors (Lipinski definition) is 8. The van der Waals surface area contributed by atoms with Crippen LogP contribution in [0.2, 0.25) is 0 Å². The van der Waals surface area contributed by atoms with Crippen LogP contribution in [0.4, 0.5) is 11.8 Å². The number of benzene rings is 1. The van der Waals surface area contributed by atoms with Crippen LogP contribution < -0.4 is 16.8 Å². The van der Waals surface area contributed by atoms with Gasteiger partial charge < -0.3 is 21.9 Å². The Hall–Kier alpha value is -3.79. The van der Waals surface area contributed by atoms with Gasteiger partial charge in [0.25, 0.3) is 0 Å². The molecule has 10 heteroatoms. The van der Waals surface area contributed by atoms with Crippen LogP contribution in [0.3, 0.4) is 0 Å². The molecule has 0 saturated carbocycles. The third-order valence-corrected chi connectivity index (χ3v) is 4.83. The van der Waals surface area contributed by atoms with Gasteiger partial charge in [-0.25, -0.2) is 9.78 Å². The molecule has 0 bridgehead atoms. The number of hydrogen-bond donors (Lipinski definition) is 4. The summed E-state index contributed by atoms with van der Waals surface area (Å²) in [5.74, 6) is -0.356. The molecule has 3 heterocycles. The van der Waals surface area contributed by atoms with E-state index in [0.717, 1.165) is 18.4 Å². The van der Waals surface area contributed by atoms with E-state index >= 15 is 0 Å². The van der Waals surface area contributed by atoms with E-state index in [1.165, 1.54) is 0 Å². The maximum atomic E-state index is 11.6. The van der Waals surface area contributed by atoms with Gasteiger partial charge in [0.2, 0.25) is 5.95 Å². The largest absolute Gasteiger partial charge is 0.478 e. The molecule has 1 atom stereocenters. The number of carboxylic acid groups (broad SMARTS) is 1. The molecule has 0 aliphatic carbocycles. The summed E-state index contributed by atoms with van der Waals surface area (Å²) in [6.45, 7) is 2.40. The molecule has 4 rings (SSSR count). The molecule has 0 radical (unpaired) electrons. The zero-order valence-corrected chi connectivity index (χ0v) is 16.4. The molecule has 30 heavy (non-hydrogen) atoms. The summed E-state index contributed by atoms with van der Waals surface area (Å²) in [4.78, 5) is 24.5. The fraction of sp³-hybridized carbons (Fsp3) is 0.250. The minimum atomic E-state index is -0.996. The van der Waals surface area contributed by atoms with Gasteiger partial charge in [-0.05, 0) is 24.1 Å². The zero-order valence-electron chi connectivity index (χ0n) is 16.4. The summed E-state index contributed by atoms with van der Waals surface area (Å²) in [6.07, 6.45) is 4.66. The van der Waals surface area contributed by atoms with E-state index in [1.807, 2.05) is 0 Å². The number of aromatic nitrogens is 5. The summed E-state index contributed by atoms with van der Waals surface area (Å²) >= 11 is 0. The van der Waals surface area contributed by atoms with Crippen LogP contribution in [0.25, 0.3) is 21.9 Å². The van der Waals surface area contributed by atoms with Crippen molar-refractivity contribution in [2.75, 3.05) is 11.1 Å². The summed E-state index contributed by atoms with van der Waals surface area (Å²) in [6, 6.07) is 6.80. The van der Waals surface area contributed by atoms with Gasteiger partial charge in [0.05, 0.1) is 30.0 Å². The molecule has 1 unspecified atom stereocenters. The molecule has 3 aromatic heterocycles. The first-order valence-corrected chi connectivity index (χ1v) is 9.59. The highest BCUT2D eigenvalue weighted by Crippen LogP contribution is 2.26. The minimum absolute atomic E-state index is 0.131. The Kier molecular flexibility index (Phi) is 5.15. The first-order valence-electron chi connectivity index (χ1n) is 9.59. The second-order valence-corrected chi connectivity index (χ2v) is 6.98. The number of carboxylic acids is 1. The third-order valence-electron chi connectivity index (χ3n) is 4.83. The lowest BCUT2D eigenvalue weighted by Crippen LogP contribution is -2.30. The highest BCUT2D eigenvalue weighted by atomic mass is 16.4. The number of nitrogens with zero attached hydrogens (tertiary/aromatic N) is 5. The number of nitrogens with one attached hydrogen (secondary N) is 1. The number of carbonyl (C=O) groups is 1. The van der Waals surface area contributed by atoms with Crippen LogP contribution in [-0.2, 0) is 6.54 Å². The lowest BCUT2D eigenvalue weighted by molar-refractivity contribution is 0.0699. The van der Waals surface area contributed by atoms with Crippen molar-refractivity contribution in [2.45, 2.75) is 32.5 Å². The molecule has 4 aromatic rings. The molecular formula is C20H22N8O2. The smallest absolute Gasteiger partial charge is 0.336 e.